The highest BCUT2D eigenvalue weighted by atomic mass is 16.6. The predicted molar refractivity (Wildman–Crippen MR) is 44.2 cm³/mol. The fraction of sp³-hybridized carbons (Fsp3) is 0.750. The molecule has 0 aromatic rings. The van der Waals surface area contributed by atoms with Crippen LogP contribution in [0.25, 0.3) is 0 Å². The fourth-order valence-electron chi connectivity index (χ4n) is 1.19. The van der Waals surface area contributed by atoms with E-state index in [9.17, 15) is 9.59 Å². The first kappa shape index (κ1) is 9.98. The van der Waals surface area contributed by atoms with Gasteiger partial charge in [0.05, 0.1) is 13.2 Å². The van der Waals surface area contributed by atoms with Crippen LogP contribution in [-0.2, 0) is 9.53 Å². The predicted octanol–water partition coefficient (Wildman–Crippen LogP) is -0.221. The van der Waals surface area contributed by atoms with Crippen molar-refractivity contribution in [3.05, 3.63) is 0 Å². The third-order valence-electron chi connectivity index (χ3n) is 1.92. The molecule has 0 aliphatic carbocycles. The minimum Gasteiger partial charge on any atom is -0.450 e. The molecule has 1 N–H and O–H groups in total. The Balaban J connectivity index is 2.45. The van der Waals surface area contributed by atoms with Crippen LogP contribution in [0.2, 0.25) is 0 Å². The second-order valence-electron chi connectivity index (χ2n) is 2.88. The molecular formula is C8H13NO4. The highest BCUT2D eigenvalue weighted by Crippen LogP contribution is 2.07. The number of amides is 1. The van der Waals surface area contributed by atoms with Gasteiger partial charge in [-0.15, -0.1) is 0 Å². The molecule has 1 fully saturated rings. The van der Waals surface area contributed by atoms with Crippen LogP contribution in [0.1, 0.15) is 13.3 Å². The quantitative estimate of drug-likeness (QED) is 0.616. The van der Waals surface area contributed by atoms with E-state index in [1.165, 1.54) is 4.90 Å². The van der Waals surface area contributed by atoms with Crippen molar-refractivity contribution in [1.82, 2.24) is 4.90 Å². The van der Waals surface area contributed by atoms with Gasteiger partial charge in [-0.25, -0.2) is 4.79 Å². The Bertz CT molecular complexity index is 216. The van der Waals surface area contributed by atoms with Crippen LogP contribution in [0.15, 0.2) is 0 Å². The monoisotopic (exact) mass is 187 g/mol. The number of carbonyl (C=O) groups is 2. The number of β-amino-alcohol motifs (C(OH)–C–C–N with tert-alkyl or cyclic N) is 1. The van der Waals surface area contributed by atoms with E-state index in [4.69, 9.17) is 9.84 Å². The van der Waals surface area contributed by atoms with Crippen molar-refractivity contribution >= 4 is 11.9 Å². The largest absolute Gasteiger partial charge is 0.450 e. The lowest BCUT2D eigenvalue weighted by molar-refractivity contribution is -0.130. The number of piperidine rings is 1. The van der Waals surface area contributed by atoms with E-state index >= 15 is 0 Å². The Labute approximate surface area is 76.3 Å². The molecule has 74 valence electrons. The van der Waals surface area contributed by atoms with Crippen LogP contribution in [0, 0.1) is 0 Å². The summed E-state index contributed by atoms with van der Waals surface area (Å²) in [4.78, 5) is 23.4. The van der Waals surface area contributed by atoms with Gasteiger partial charge in [0.15, 0.2) is 5.78 Å². The lowest BCUT2D eigenvalue weighted by Gasteiger charge is -2.28. The Kier molecular flexibility index (Phi) is 3.25. The number of nitrogens with zero attached hydrogens (tertiary/aromatic N) is 1. The molecule has 1 rings (SSSR count). The van der Waals surface area contributed by atoms with E-state index in [0.717, 1.165) is 0 Å². The zero-order valence-electron chi connectivity index (χ0n) is 7.52. The summed E-state index contributed by atoms with van der Waals surface area (Å²) in [7, 11) is 0. The van der Waals surface area contributed by atoms with Crippen LogP contribution in [0.3, 0.4) is 0 Å². The molecule has 0 aromatic carbocycles. The molecule has 1 atom stereocenters. The standard InChI is InChI=1S/C8H13NO4/c1-2-13-8(12)9-4-3-6(10)7(11)5-9/h7,11H,2-5H2,1H3. The summed E-state index contributed by atoms with van der Waals surface area (Å²) in [5.41, 5.74) is 0. The van der Waals surface area contributed by atoms with Crippen molar-refractivity contribution in [1.29, 1.82) is 0 Å². The molecule has 5 heteroatoms. The second kappa shape index (κ2) is 4.23. The number of rotatable bonds is 1. The average Bonchev–Trinajstić information content (AvgIpc) is 2.10. The minimum atomic E-state index is -1.04. The molecule has 0 saturated carbocycles. The van der Waals surface area contributed by atoms with Gasteiger partial charge >= 0.3 is 6.09 Å². The second-order valence-corrected chi connectivity index (χ2v) is 2.88. The van der Waals surface area contributed by atoms with Gasteiger partial charge in [0, 0.05) is 13.0 Å². The van der Waals surface area contributed by atoms with E-state index in [-0.39, 0.29) is 18.7 Å². The van der Waals surface area contributed by atoms with Crippen molar-refractivity contribution in [3.8, 4) is 0 Å². The number of aliphatic hydroxyl groups is 1. The number of ether oxygens (including phenoxy) is 1. The Hall–Kier alpha value is -1.10. The topological polar surface area (TPSA) is 66.8 Å². The molecule has 1 unspecified atom stereocenters. The summed E-state index contributed by atoms with van der Waals surface area (Å²) in [6.45, 7) is 2.41. The first-order chi connectivity index (χ1) is 6.15. The summed E-state index contributed by atoms with van der Waals surface area (Å²) in [6, 6.07) is 0. The molecule has 0 spiro atoms. The van der Waals surface area contributed by atoms with Crippen LogP contribution in [-0.4, -0.2) is 47.7 Å². The molecular weight excluding hydrogens is 174 g/mol. The first-order valence-corrected chi connectivity index (χ1v) is 4.27. The molecule has 1 amide bonds. The molecule has 5 nitrogen and oxygen atoms in total. The lowest BCUT2D eigenvalue weighted by Crippen LogP contribution is -2.47. The number of hydrogen-bond acceptors (Lipinski definition) is 4. The van der Waals surface area contributed by atoms with Gasteiger partial charge in [-0.3, -0.25) is 4.79 Å². The van der Waals surface area contributed by atoms with E-state index in [0.29, 0.717) is 13.2 Å². The molecule has 0 aromatic heterocycles. The van der Waals surface area contributed by atoms with Gasteiger partial charge in [0.25, 0.3) is 0 Å². The average molecular weight is 187 g/mol. The van der Waals surface area contributed by atoms with Crippen LogP contribution in [0.5, 0.6) is 0 Å². The number of likely N-dealkylation sites (tertiary alicyclic amines) is 1. The highest BCUT2D eigenvalue weighted by molar-refractivity contribution is 5.85. The van der Waals surface area contributed by atoms with E-state index in [1.807, 2.05) is 0 Å². The summed E-state index contributed by atoms with van der Waals surface area (Å²) in [5, 5.41) is 9.17. The lowest BCUT2D eigenvalue weighted by atomic mass is 10.1. The zero-order valence-corrected chi connectivity index (χ0v) is 7.52. The maximum absolute atomic E-state index is 11.1. The molecule has 1 aliphatic rings. The summed E-state index contributed by atoms with van der Waals surface area (Å²) in [5.74, 6) is -0.208. The maximum Gasteiger partial charge on any atom is 0.409 e. The van der Waals surface area contributed by atoms with Crippen molar-refractivity contribution in [2.45, 2.75) is 19.4 Å². The van der Waals surface area contributed by atoms with Gasteiger partial charge in [0.2, 0.25) is 0 Å². The summed E-state index contributed by atoms with van der Waals surface area (Å²) in [6.07, 6.45) is -1.30. The van der Waals surface area contributed by atoms with Crippen molar-refractivity contribution in [2.75, 3.05) is 19.7 Å². The molecule has 0 radical (unpaired) electrons. The minimum absolute atomic E-state index is 0.0532. The molecule has 1 aliphatic heterocycles. The van der Waals surface area contributed by atoms with Gasteiger partial charge < -0.3 is 14.7 Å². The molecule has 1 saturated heterocycles. The van der Waals surface area contributed by atoms with Crippen LogP contribution in [0.4, 0.5) is 4.79 Å². The van der Waals surface area contributed by atoms with E-state index in [2.05, 4.69) is 0 Å². The third kappa shape index (κ3) is 2.42. The van der Waals surface area contributed by atoms with Gasteiger partial charge in [-0.05, 0) is 6.92 Å². The number of carbonyl (C=O) groups excluding carboxylic acids is 2. The molecule has 1 heterocycles. The number of hydrogen-bond donors (Lipinski definition) is 1. The smallest absolute Gasteiger partial charge is 0.409 e. The number of ketones is 1. The van der Waals surface area contributed by atoms with Crippen molar-refractivity contribution < 1.29 is 19.4 Å². The molecule has 13 heavy (non-hydrogen) atoms. The zero-order chi connectivity index (χ0) is 9.84. The fourth-order valence-corrected chi connectivity index (χ4v) is 1.19. The summed E-state index contributed by atoms with van der Waals surface area (Å²) >= 11 is 0. The number of aliphatic hydroxyl groups excluding tert-OH is 1. The Morgan fingerprint density at radius 2 is 2.46 bits per heavy atom. The van der Waals surface area contributed by atoms with E-state index in [1.54, 1.807) is 6.92 Å². The maximum atomic E-state index is 11.1. The third-order valence-corrected chi connectivity index (χ3v) is 1.92. The SMILES string of the molecule is CCOC(=O)N1CCC(=O)C(O)C1. The Morgan fingerprint density at radius 3 is 3.00 bits per heavy atom. The molecule has 0 bridgehead atoms. The van der Waals surface area contributed by atoms with Gasteiger partial charge in [-0.2, -0.15) is 0 Å². The number of Topliss-reactive ketones (excluding diaryl/α,β-unsaturated/α-hetero) is 1. The normalized spacial score (nSPS) is 23.1. The Morgan fingerprint density at radius 1 is 1.77 bits per heavy atom. The van der Waals surface area contributed by atoms with Crippen LogP contribution < -0.4 is 0 Å². The van der Waals surface area contributed by atoms with Gasteiger partial charge in [0.1, 0.15) is 6.10 Å². The van der Waals surface area contributed by atoms with Gasteiger partial charge in [-0.1, -0.05) is 0 Å². The van der Waals surface area contributed by atoms with E-state index < -0.39 is 12.2 Å². The van der Waals surface area contributed by atoms with Crippen LogP contribution >= 0.6 is 0 Å². The van der Waals surface area contributed by atoms with Crippen molar-refractivity contribution in [3.63, 3.8) is 0 Å². The summed E-state index contributed by atoms with van der Waals surface area (Å²) < 4.78 is 4.73. The van der Waals surface area contributed by atoms with Crippen molar-refractivity contribution in [2.24, 2.45) is 0 Å². The first-order valence-electron chi connectivity index (χ1n) is 4.27. The highest BCUT2D eigenvalue weighted by Gasteiger charge is 2.28.